The van der Waals surface area contributed by atoms with Crippen LogP contribution in [0.25, 0.3) is 11.3 Å². The first-order valence-corrected chi connectivity index (χ1v) is 11.2. The summed E-state index contributed by atoms with van der Waals surface area (Å²) in [5.74, 6) is 1.01. The third-order valence-electron chi connectivity index (χ3n) is 6.93. The highest BCUT2D eigenvalue weighted by Gasteiger charge is 2.29. The van der Waals surface area contributed by atoms with E-state index in [-0.39, 0.29) is 17.3 Å². The number of nitrogens with zero attached hydrogens (tertiary/aromatic N) is 3. The second kappa shape index (κ2) is 8.00. The number of aromatic nitrogens is 3. The van der Waals surface area contributed by atoms with Crippen LogP contribution in [0, 0.1) is 6.92 Å². The minimum atomic E-state index is -0.406. The van der Waals surface area contributed by atoms with Gasteiger partial charge in [-0.05, 0) is 62.8 Å². The number of methoxy groups -OCH3 is 1. The minimum absolute atomic E-state index is 0.155. The Labute approximate surface area is 186 Å². The highest BCUT2D eigenvalue weighted by molar-refractivity contribution is 6.05. The summed E-state index contributed by atoms with van der Waals surface area (Å²) < 4.78 is 14.6. The molecule has 0 atom stereocenters. The van der Waals surface area contributed by atoms with E-state index in [1.165, 1.54) is 0 Å². The lowest BCUT2D eigenvalue weighted by Gasteiger charge is -2.14. The monoisotopic (exact) mass is 436 g/mol. The summed E-state index contributed by atoms with van der Waals surface area (Å²) in [5, 5.41) is 6.95. The zero-order chi connectivity index (χ0) is 22.4. The number of nitrogens with one attached hydrogen (secondary N) is 1. The molecule has 0 bridgehead atoms. The minimum Gasteiger partial charge on any atom is -0.497 e. The summed E-state index contributed by atoms with van der Waals surface area (Å²) in [5.41, 5.74) is 3.99. The molecule has 32 heavy (non-hydrogen) atoms. The summed E-state index contributed by atoms with van der Waals surface area (Å²) >= 11 is 0. The third-order valence-corrected chi connectivity index (χ3v) is 6.93. The molecule has 0 radical (unpaired) electrons. The summed E-state index contributed by atoms with van der Waals surface area (Å²) in [7, 11) is 3.52. The number of ether oxygens (including phenoxy) is 1. The summed E-state index contributed by atoms with van der Waals surface area (Å²) in [4.78, 5) is 26.3. The quantitative estimate of drug-likeness (QED) is 0.667. The Hall–Kier alpha value is -3.29. The highest BCUT2D eigenvalue weighted by atomic mass is 16.5. The van der Waals surface area contributed by atoms with Crippen LogP contribution in [0.4, 0.5) is 5.69 Å². The maximum atomic E-state index is 13.2. The van der Waals surface area contributed by atoms with E-state index in [1.54, 1.807) is 11.8 Å². The summed E-state index contributed by atoms with van der Waals surface area (Å²) in [6.07, 6.45) is 6.65. The molecule has 0 saturated heterocycles. The van der Waals surface area contributed by atoms with Crippen LogP contribution in [-0.2, 0) is 19.9 Å². The van der Waals surface area contributed by atoms with Gasteiger partial charge in [-0.25, -0.2) is 4.68 Å². The van der Waals surface area contributed by atoms with Crippen LogP contribution >= 0.6 is 0 Å². The molecule has 8 nitrogen and oxygen atoms in total. The maximum Gasteiger partial charge on any atom is 0.291 e. The first-order chi connectivity index (χ1) is 15.5. The van der Waals surface area contributed by atoms with Gasteiger partial charge in [0.1, 0.15) is 11.4 Å². The highest BCUT2D eigenvalue weighted by Crippen LogP contribution is 2.36. The molecule has 0 spiro atoms. The smallest absolute Gasteiger partial charge is 0.291 e. The third kappa shape index (κ3) is 3.25. The second-order valence-corrected chi connectivity index (χ2v) is 8.74. The number of rotatable bonds is 4. The molecule has 5 rings (SSSR count). The van der Waals surface area contributed by atoms with E-state index in [4.69, 9.17) is 9.26 Å². The van der Waals surface area contributed by atoms with Gasteiger partial charge in [0.05, 0.1) is 18.8 Å². The van der Waals surface area contributed by atoms with Gasteiger partial charge in [0.15, 0.2) is 11.5 Å². The van der Waals surface area contributed by atoms with E-state index < -0.39 is 5.91 Å². The summed E-state index contributed by atoms with van der Waals surface area (Å²) in [6.45, 7) is 1.86. The number of anilines is 1. The Balaban J connectivity index is 1.48. The Morgan fingerprint density at radius 2 is 2.00 bits per heavy atom. The maximum absolute atomic E-state index is 13.2. The Morgan fingerprint density at radius 3 is 2.75 bits per heavy atom. The Morgan fingerprint density at radius 1 is 1.22 bits per heavy atom. The van der Waals surface area contributed by atoms with Crippen LogP contribution in [0.3, 0.4) is 0 Å². The van der Waals surface area contributed by atoms with Crippen molar-refractivity contribution in [1.82, 2.24) is 14.5 Å². The van der Waals surface area contributed by atoms with Gasteiger partial charge in [0, 0.05) is 18.2 Å². The van der Waals surface area contributed by atoms with Gasteiger partial charge in [-0.3, -0.25) is 14.3 Å². The van der Waals surface area contributed by atoms with Crippen LogP contribution in [0.5, 0.6) is 5.75 Å². The molecule has 168 valence electrons. The summed E-state index contributed by atoms with van der Waals surface area (Å²) in [6, 6.07) is 6.03. The van der Waals surface area contributed by atoms with Crippen molar-refractivity contribution in [2.24, 2.45) is 7.05 Å². The van der Waals surface area contributed by atoms with Crippen LogP contribution in [0.1, 0.15) is 65.5 Å². The zero-order valence-electron chi connectivity index (χ0n) is 18.7. The molecule has 2 aliphatic carbocycles. The lowest BCUT2D eigenvalue weighted by Crippen LogP contribution is -2.27. The fourth-order valence-electron chi connectivity index (χ4n) is 5.12. The van der Waals surface area contributed by atoms with Gasteiger partial charge >= 0.3 is 0 Å². The topological polar surface area (TPSA) is 91.3 Å². The molecule has 8 heteroatoms. The first kappa shape index (κ1) is 20.6. The lowest BCUT2D eigenvalue weighted by molar-refractivity contribution is 0.101. The molecule has 1 N–H and O–H groups in total. The lowest BCUT2D eigenvalue weighted by atomic mass is 10.0. The molecular formula is C24H28N4O4. The number of hydrogen-bond acceptors (Lipinski definition) is 5. The predicted octanol–water partition coefficient (Wildman–Crippen LogP) is 4.01. The number of carbonyl (C=O) groups excluding carboxylic acids is 1. The fraction of sp³-hybridized carbons (Fsp3) is 0.458. The van der Waals surface area contributed by atoms with Crippen molar-refractivity contribution >= 4 is 11.6 Å². The molecule has 0 aliphatic heterocycles. The first-order valence-electron chi connectivity index (χ1n) is 11.2. The number of fused-ring (bicyclic) bond motifs is 3. The van der Waals surface area contributed by atoms with Gasteiger partial charge in [-0.15, -0.1) is 0 Å². The number of aryl methyl sites for hydroxylation is 1. The molecule has 0 unspecified atom stereocenters. The van der Waals surface area contributed by atoms with Gasteiger partial charge in [0.25, 0.3) is 11.5 Å². The Kier molecular flexibility index (Phi) is 5.15. The second-order valence-electron chi connectivity index (χ2n) is 8.74. The van der Waals surface area contributed by atoms with Crippen molar-refractivity contribution in [1.29, 1.82) is 0 Å². The van der Waals surface area contributed by atoms with Gasteiger partial charge < -0.3 is 14.6 Å². The van der Waals surface area contributed by atoms with E-state index in [1.807, 2.05) is 36.9 Å². The van der Waals surface area contributed by atoms with Gasteiger partial charge in [0.2, 0.25) is 0 Å². The van der Waals surface area contributed by atoms with E-state index >= 15 is 0 Å². The average Bonchev–Trinajstić information content (AvgIpc) is 3.48. The van der Waals surface area contributed by atoms with Crippen molar-refractivity contribution in [2.45, 2.75) is 57.9 Å². The number of hydrogen-bond donors (Lipinski definition) is 1. The van der Waals surface area contributed by atoms with Crippen molar-refractivity contribution in [2.75, 3.05) is 12.4 Å². The van der Waals surface area contributed by atoms with Crippen LogP contribution < -0.4 is 15.6 Å². The van der Waals surface area contributed by atoms with E-state index in [2.05, 4.69) is 10.5 Å². The van der Waals surface area contributed by atoms with Crippen molar-refractivity contribution < 1.29 is 14.1 Å². The van der Waals surface area contributed by atoms with E-state index in [9.17, 15) is 9.59 Å². The van der Waals surface area contributed by atoms with Crippen molar-refractivity contribution in [3.05, 3.63) is 51.1 Å². The molecule has 1 aromatic carbocycles. The molecule has 2 aromatic heterocycles. The van der Waals surface area contributed by atoms with E-state index in [0.717, 1.165) is 66.7 Å². The molecule has 3 aromatic rings. The number of carbonyl (C=O) groups is 1. The van der Waals surface area contributed by atoms with Crippen molar-refractivity contribution in [3.63, 3.8) is 0 Å². The number of amides is 1. The van der Waals surface area contributed by atoms with Gasteiger partial charge in [-0.1, -0.05) is 18.0 Å². The van der Waals surface area contributed by atoms with Crippen LogP contribution in [-0.4, -0.2) is 27.5 Å². The van der Waals surface area contributed by atoms with E-state index in [0.29, 0.717) is 17.9 Å². The molecule has 1 saturated carbocycles. The molecule has 2 heterocycles. The SMILES string of the molecule is COc1ccc2c(c1)CCCc1c(C(=O)Nc3c(C)n(C)n(C4CCCC4)c3=O)noc1-2. The van der Waals surface area contributed by atoms with Crippen LogP contribution in [0.15, 0.2) is 27.5 Å². The normalized spacial score (nSPS) is 15.8. The molecule has 2 aliphatic rings. The van der Waals surface area contributed by atoms with Crippen LogP contribution in [0.2, 0.25) is 0 Å². The standard InChI is InChI=1S/C24H28N4O4/c1-14-20(24(30)28(27(14)2)16-8-4-5-9-16)25-23(29)21-19-10-6-7-15-13-17(31-3)11-12-18(15)22(19)32-26-21/h11-13,16H,4-10H2,1-3H3,(H,25,29). The average molecular weight is 437 g/mol. The molecular weight excluding hydrogens is 408 g/mol. The molecule has 1 amide bonds. The number of benzene rings is 1. The van der Waals surface area contributed by atoms with Gasteiger partial charge in [-0.2, -0.15) is 0 Å². The molecule has 1 fully saturated rings. The van der Waals surface area contributed by atoms with Crippen molar-refractivity contribution in [3.8, 4) is 17.1 Å². The fourth-order valence-corrected chi connectivity index (χ4v) is 5.12. The predicted molar refractivity (Wildman–Crippen MR) is 120 cm³/mol. The Bertz CT molecular complexity index is 1240. The zero-order valence-corrected chi connectivity index (χ0v) is 18.7. The largest absolute Gasteiger partial charge is 0.497 e.